The molecule has 4 N–H and O–H groups in total. The molecule has 0 bridgehead atoms. The quantitative estimate of drug-likeness (QED) is 0.120. The fourth-order valence-electron chi connectivity index (χ4n) is 2.23. The van der Waals surface area contributed by atoms with Gasteiger partial charge in [0.15, 0.2) is 0 Å². The van der Waals surface area contributed by atoms with E-state index in [4.69, 9.17) is 0 Å². The molecular formula is C18H24N6O6S2. The first kappa shape index (κ1) is 25.6. The maximum atomic E-state index is 11.7. The Morgan fingerprint density at radius 1 is 0.969 bits per heavy atom. The van der Waals surface area contributed by atoms with Crippen molar-refractivity contribution in [1.82, 2.24) is 31.8 Å². The fourth-order valence-corrected chi connectivity index (χ4v) is 4.09. The number of hydrogen-bond donors (Lipinski definition) is 4. The highest BCUT2D eigenvalue weighted by Gasteiger charge is 2.32. The van der Waals surface area contributed by atoms with Crippen molar-refractivity contribution >= 4 is 51.2 Å². The maximum absolute atomic E-state index is 11.7. The number of rotatable bonds is 14. The zero-order chi connectivity index (χ0) is 23.2. The number of pyridine rings is 1. The fraction of sp³-hybridized carbons (Fsp3) is 0.444. The Morgan fingerprint density at radius 3 is 2.28 bits per heavy atom. The predicted octanol–water partition coefficient (Wildman–Crippen LogP) is -0.159. The van der Waals surface area contributed by atoms with Crippen molar-refractivity contribution in [2.24, 2.45) is 0 Å². The molecule has 14 heteroatoms. The third kappa shape index (κ3) is 10.1. The number of aromatic nitrogens is 1. The van der Waals surface area contributed by atoms with Crippen molar-refractivity contribution in [2.75, 3.05) is 18.8 Å². The van der Waals surface area contributed by atoms with Crippen LogP contribution in [0.15, 0.2) is 29.4 Å². The molecule has 12 nitrogen and oxygen atoms in total. The zero-order valence-corrected chi connectivity index (χ0v) is 18.8. The maximum Gasteiger partial charge on any atom is 0.334 e. The lowest BCUT2D eigenvalue weighted by molar-refractivity contribution is -0.197. The van der Waals surface area contributed by atoms with Gasteiger partial charge >= 0.3 is 5.97 Å². The Kier molecular flexibility index (Phi) is 11.5. The second-order valence-electron chi connectivity index (χ2n) is 6.32. The number of imide groups is 1. The molecule has 2 heterocycles. The van der Waals surface area contributed by atoms with E-state index >= 15 is 0 Å². The lowest BCUT2D eigenvalue weighted by atomic mass is 10.4. The van der Waals surface area contributed by atoms with Gasteiger partial charge in [-0.15, -0.1) is 5.06 Å². The highest BCUT2D eigenvalue weighted by Crippen LogP contribution is 2.29. The first-order valence-electron chi connectivity index (χ1n) is 9.76. The summed E-state index contributed by atoms with van der Waals surface area (Å²) in [5, 5.41) is 1.35. The van der Waals surface area contributed by atoms with Gasteiger partial charge in [0.05, 0.1) is 6.42 Å². The molecule has 0 radical (unpaired) electrons. The molecule has 0 unspecified atom stereocenters. The second-order valence-corrected chi connectivity index (χ2v) is 8.75. The summed E-state index contributed by atoms with van der Waals surface area (Å²) in [5.41, 5.74) is 10.1. The van der Waals surface area contributed by atoms with Crippen molar-refractivity contribution in [3.63, 3.8) is 0 Å². The van der Waals surface area contributed by atoms with Crippen LogP contribution in [0.4, 0.5) is 0 Å². The van der Waals surface area contributed by atoms with Crippen LogP contribution in [0.3, 0.4) is 0 Å². The summed E-state index contributed by atoms with van der Waals surface area (Å²) in [7, 11) is 3.02. The SMILES string of the molecule is O=C(CCNNC(=O)CCSSc1ccccn1)NNCCC(=O)ON1C(=O)CCC1=O. The topological polar surface area (TPSA) is 159 Å². The molecular weight excluding hydrogens is 460 g/mol. The van der Waals surface area contributed by atoms with Crippen molar-refractivity contribution in [1.29, 1.82) is 0 Å². The molecule has 2 rings (SSSR count). The van der Waals surface area contributed by atoms with Crippen molar-refractivity contribution in [3.05, 3.63) is 24.4 Å². The average molecular weight is 485 g/mol. The van der Waals surface area contributed by atoms with Crippen molar-refractivity contribution < 1.29 is 28.8 Å². The Morgan fingerprint density at radius 2 is 1.62 bits per heavy atom. The smallest absolute Gasteiger partial charge is 0.330 e. The number of carbonyl (C=O) groups is 5. The Balaban J connectivity index is 1.42. The van der Waals surface area contributed by atoms with Gasteiger partial charge in [-0.25, -0.2) is 20.6 Å². The predicted molar refractivity (Wildman–Crippen MR) is 116 cm³/mol. The third-order valence-electron chi connectivity index (χ3n) is 3.78. The van der Waals surface area contributed by atoms with Crippen LogP contribution < -0.4 is 21.7 Å². The van der Waals surface area contributed by atoms with Gasteiger partial charge in [-0.3, -0.25) is 30.0 Å². The summed E-state index contributed by atoms with van der Waals surface area (Å²) in [4.78, 5) is 66.6. The molecule has 1 aliphatic heterocycles. The van der Waals surface area contributed by atoms with E-state index in [0.29, 0.717) is 17.2 Å². The van der Waals surface area contributed by atoms with Crippen LogP contribution in [0.1, 0.15) is 32.1 Å². The molecule has 32 heavy (non-hydrogen) atoms. The summed E-state index contributed by atoms with van der Waals surface area (Å²) >= 11 is 0. The van der Waals surface area contributed by atoms with E-state index < -0.39 is 17.8 Å². The van der Waals surface area contributed by atoms with Crippen LogP contribution >= 0.6 is 21.6 Å². The summed E-state index contributed by atoms with van der Waals surface area (Å²) in [6, 6.07) is 5.63. The lowest BCUT2D eigenvalue weighted by Crippen LogP contribution is -2.43. The molecule has 0 spiro atoms. The van der Waals surface area contributed by atoms with E-state index in [-0.39, 0.29) is 50.6 Å². The number of hydrogen-bond acceptors (Lipinski definition) is 11. The number of hydrazine groups is 2. The highest BCUT2D eigenvalue weighted by molar-refractivity contribution is 8.76. The van der Waals surface area contributed by atoms with E-state index in [0.717, 1.165) is 5.03 Å². The number of nitrogens with zero attached hydrogens (tertiary/aromatic N) is 2. The number of amides is 4. The van der Waals surface area contributed by atoms with Crippen LogP contribution in [-0.4, -0.2) is 58.5 Å². The summed E-state index contributed by atoms with van der Waals surface area (Å²) in [5.74, 6) is -1.80. The summed E-state index contributed by atoms with van der Waals surface area (Å²) in [6.07, 6.45) is 2.01. The van der Waals surface area contributed by atoms with Gasteiger partial charge in [0.1, 0.15) is 5.03 Å². The minimum absolute atomic E-state index is 0.0267. The van der Waals surface area contributed by atoms with Gasteiger partial charge in [0.2, 0.25) is 11.8 Å². The monoisotopic (exact) mass is 484 g/mol. The molecule has 0 aliphatic carbocycles. The van der Waals surface area contributed by atoms with Crippen LogP contribution in [0.2, 0.25) is 0 Å². The first-order valence-corrected chi connectivity index (χ1v) is 12.1. The van der Waals surface area contributed by atoms with E-state index in [1.165, 1.54) is 21.6 Å². The van der Waals surface area contributed by atoms with Gasteiger partial charge in [-0.05, 0) is 22.9 Å². The molecule has 1 aromatic rings. The van der Waals surface area contributed by atoms with Crippen LogP contribution in [0.5, 0.6) is 0 Å². The largest absolute Gasteiger partial charge is 0.334 e. The highest BCUT2D eigenvalue weighted by atomic mass is 33.1. The molecule has 1 aliphatic rings. The van der Waals surface area contributed by atoms with E-state index in [1.807, 2.05) is 18.2 Å². The van der Waals surface area contributed by atoms with Gasteiger partial charge in [-0.1, -0.05) is 16.9 Å². The normalized spacial score (nSPS) is 13.2. The summed E-state index contributed by atoms with van der Waals surface area (Å²) < 4.78 is 0. The minimum Gasteiger partial charge on any atom is -0.330 e. The van der Waals surface area contributed by atoms with Gasteiger partial charge in [0, 0.05) is 50.7 Å². The van der Waals surface area contributed by atoms with Gasteiger partial charge in [0.25, 0.3) is 11.8 Å². The van der Waals surface area contributed by atoms with E-state index in [2.05, 4.69) is 31.5 Å². The molecule has 4 amide bonds. The standard InChI is InChI=1S/C18H24N6O6S2/c25-13(22-21-11-7-18(29)30-24-16(27)4-5-17(24)28)6-10-20-23-14(26)8-12-31-32-15-3-1-2-9-19-15/h1-3,9,20-21H,4-8,10-12H2,(H,22,25)(H,23,26). The first-order chi connectivity index (χ1) is 15.5. The lowest BCUT2D eigenvalue weighted by Gasteiger charge is -2.13. The molecule has 0 atom stereocenters. The Labute approximate surface area is 192 Å². The van der Waals surface area contributed by atoms with E-state index in [9.17, 15) is 24.0 Å². The number of nitrogens with one attached hydrogen (secondary N) is 4. The molecule has 174 valence electrons. The Hall–Kier alpha value is -2.68. The van der Waals surface area contributed by atoms with Crippen LogP contribution in [-0.2, 0) is 28.8 Å². The Bertz CT molecular complexity index is 796. The summed E-state index contributed by atoms with van der Waals surface area (Å²) in [6.45, 7) is 0.273. The minimum atomic E-state index is -0.767. The third-order valence-corrected chi connectivity index (χ3v) is 6.05. The van der Waals surface area contributed by atoms with Crippen molar-refractivity contribution in [3.8, 4) is 0 Å². The average Bonchev–Trinajstić information content (AvgIpc) is 3.10. The van der Waals surface area contributed by atoms with Crippen LogP contribution in [0, 0.1) is 0 Å². The number of hydroxylamine groups is 2. The molecule has 0 saturated carbocycles. The van der Waals surface area contributed by atoms with Gasteiger partial charge < -0.3 is 4.84 Å². The molecule has 1 saturated heterocycles. The van der Waals surface area contributed by atoms with Crippen molar-refractivity contribution in [2.45, 2.75) is 37.1 Å². The second kappa shape index (κ2) is 14.4. The van der Waals surface area contributed by atoms with Crippen LogP contribution in [0.25, 0.3) is 0 Å². The number of carbonyl (C=O) groups excluding carboxylic acids is 5. The molecule has 1 aromatic heterocycles. The van der Waals surface area contributed by atoms with Gasteiger partial charge in [-0.2, -0.15) is 0 Å². The zero-order valence-electron chi connectivity index (χ0n) is 17.1. The molecule has 0 aromatic carbocycles. The van der Waals surface area contributed by atoms with E-state index in [1.54, 1.807) is 6.20 Å². The molecule has 1 fully saturated rings.